The first-order valence-corrected chi connectivity index (χ1v) is 14.6. The molecule has 0 saturated heterocycles. The standard InChI is InChI=1S/C34H38N6O/c1-5-35-34-39-29-13-11-26(20-31(29)40-34)25-12-14-32-27(18-25)17-21(2)24(15-16-41-32)19-30-22(3)33(37-23(4)36-30)38-28-9-7-6-8-10-28/h6-14,18,20-21,24H,5,15-17,19H2,1-4H3,(H2,35,39,40)(H,36,37,38). The number of para-hydroxylation sites is 1. The van der Waals surface area contributed by atoms with Crippen molar-refractivity contribution in [1.82, 2.24) is 19.9 Å². The number of benzene rings is 3. The summed E-state index contributed by atoms with van der Waals surface area (Å²) in [5.74, 6) is 4.42. The molecule has 0 aliphatic carbocycles. The molecule has 7 heteroatoms. The molecular weight excluding hydrogens is 508 g/mol. The van der Waals surface area contributed by atoms with Crippen LogP contribution in [0.4, 0.5) is 17.5 Å². The molecule has 0 bridgehead atoms. The fourth-order valence-corrected chi connectivity index (χ4v) is 5.83. The van der Waals surface area contributed by atoms with Crippen LogP contribution in [-0.4, -0.2) is 33.1 Å². The first-order valence-electron chi connectivity index (χ1n) is 14.6. The fourth-order valence-electron chi connectivity index (χ4n) is 5.83. The second kappa shape index (κ2) is 11.6. The number of hydrogen-bond donors (Lipinski definition) is 3. The van der Waals surface area contributed by atoms with Crippen molar-refractivity contribution in [3.63, 3.8) is 0 Å². The predicted octanol–water partition coefficient (Wildman–Crippen LogP) is 7.63. The maximum atomic E-state index is 6.32. The molecule has 3 aromatic carbocycles. The second-order valence-corrected chi connectivity index (χ2v) is 11.1. The number of fused-ring (bicyclic) bond motifs is 2. The average molecular weight is 547 g/mol. The summed E-state index contributed by atoms with van der Waals surface area (Å²) in [6, 6.07) is 23.2. The Hall–Kier alpha value is -4.39. The van der Waals surface area contributed by atoms with E-state index in [-0.39, 0.29) is 0 Å². The van der Waals surface area contributed by atoms with Crippen molar-refractivity contribution in [2.24, 2.45) is 11.8 Å². The van der Waals surface area contributed by atoms with Crippen LogP contribution in [0.3, 0.4) is 0 Å². The van der Waals surface area contributed by atoms with Crippen LogP contribution in [0, 0.1) is 25.7 Å². The number of nitrogens with one attached hydrogen (secondary N) is 3. The lowest BCUT2D eigenvalue weighted by Gasteiger charge is -2.29. The van der Waals surface area contributed by atoms with Crippen molar-refractivity contribution in [1.29, 1.82) is 0 Å². The number of ether oxygens (including phenoxy) is 1. The molecule has 0 fully saturated rings. The molecule has 5 aromatic rings. The van der Waals surface area contributed by atoms with Gasteiger partial charge in [-0.3, -0.25) is 0 Å². The normalized spacial score (nSPS) is 16.9. The summed E-state index contributed by atoms with van der Waals surface area (Å²) in [5, 5.41) is 6.75. The quantitative estimate of drug-likeness (QED) is 0.194. The molecule has 6 rings (SSSR count). The largest absolute Gasteiger partial charge is 0.493 e. The van der Waals surface area contributed by atoms with Crippen molar-refractivity contribution in [2.75, 3.05) is 23.8 Å². The molecule has 210 valence electrons. The Bertz CT molecular complexity index is 1660. The summed E-state index contributed by atoms with van der Waals surface area (Å²) in [6.07, 6.45) is 2.86. The van der Waals surface area contributed by atoms with Gasteiger partial charge in [-0.05, 0) is 105 Å². The van der Waals surface area contributed by atoms with E-state index in [1.165, 1.54) is 16.7 Å². The third-order valence-corrected chi connectivity index (χ3v) is 8.16. The highest BCUT2D eigenvalue weighted by molar-refractivity contribution is 5.83. The number of rotatable bonds is 7. The molecule has 0 spiro atoms. The van der Waals surface area contributed by atoms with Crippen LogP contribution in [0.2, 0.25) is 0 Å². The molecule has 0 amide bonds. The van der Waals surface area contributed by atoms with Crippen LogP contribution in [0.25, 0.3) is 22.2 Å². The highest BCUT2D eigenvalue weighted by Gasteiger charge is 2.25. The first-order chi connectivity index (χ1) is 20.0. The zero-order chi connectivity index (χ0) is 28.3. The summed E-state index contributed by atoms with van der Waals surface area (Å²) >= 11 is 0. The van der Waals surface area contributed by atoms with Crippen LogP contribution in [0.1, 0.15) is 42.9 Å². The minimum Gasteiger partial charge on any atom is -0.493 e. The van der Waals surface area contributed by atoms with Crippen LogP contribution in [-0.2, 0) is 12.8 Å². The van der Waals surface area contributed by atoms with Gasteiger partial charge in [0.15, 0.2) is 0 Å². The van der Waals surface area contributed by atoms with Gasteiger partial charge in [0.1, 0.15) is 17.4 Å². The number of nitrogens with zero attached hydrogens (tertiary/aromatic N) is 3. The van der Waals surface area contributed by atoms with Crippen molar-refractivity contribution < 1.29 is 4.74 Å². The Balaban J connectivity index is 1.22. The van der Waals surface area contributed by atoms with Crippen molar-refractivity contribution in [3.8, 4) is 16.9 Å². The lowest BCUT2D eigenvalue weighted by atomic mass is 9.81. The van der Waals surface area contributed by atoms with Gasteiger partial charge >= 0.3 is 0 Å². The van der Waals surface area contributed by atoms with Crippen molar-refractivity contribution in [3.05, 3.63) is 89.4 Å². The minimum absolute atomic E-state index is 0.454. The Morgan fingerprint density at radius 1 is 0.951 bits per heavy atom. The molecule has 3 N–H and O–H groups in total. The maximum absolute atomic E-state index is 6.32. The van der Waals surface area contributed by atoms with Gasteiger partial charge in [-0.2, -0.15) is 0 Å². The van der Waals surface area contributed by atoms with Crippen LogP contribution >= 0.6 is 0 Å². The Kier molecular flexibility index (Phi) is 7.59. The second-order valence-electron chi connectivity index (χ2n) is 11.1. The lowest BCUT2D eigenvalue weighted by Crippen LogP contribution is -2.23. The number of anilines is 3. The molecule has 0 saturated carbocycles. The lowest BCUT2D eigenvalue weighted by molar-refractivity contribution is 0.220. The number of imidazole rings is 1. The summed E-state index contributed by atoms with van der Waals surface area (Å²) in [7, 11) is 0. The summed E-state index contributed by atoms with van der Waals surface area (Å²) < 4.78 is 6.32. The molecule has 3 heterocycles. The molecule has 41 heavy (non-hydrogen) atoms. The topological polar surface area (TPSA) is 87.8 Å². The number of hydrogen-bond acceptors (Lipinski definition) is 6. The SMILES string of the molecule is CCNc1nc2ccc(-c3ccc4c(c3)CC(C)C(Cc3nc(C)nc(Nc5ccccc5)c3C)CCO4)cc2[nH]1. The molecule has 2 unspecified atom stereocenters. The van der Waals surface area contributed by atoms with E-state index in [0.29, 0.717) is 18.4 Å². The van der Waals surface area contributed by atoms with Gasteiger partial charge in [-0.25, -0.2) is 15.0 Å². The highest BCUT2D eigenvalue weighted by atomic mass is 16.5. The smallest absolute Gasteiger partial charge is 0.201 e. The molecular formula is C34H38N6O. The van der Waals surface area contributed by atoms with Gasteiger partial charge in [0.05, 0.1) is 17.6 Å². The Morgan fingerprint density at radius 2 is 1.76 bits per heavy atom. The summed E-state index contributed by atoms with van der Waals surface area (Å²) in [4.78, 5) is 17.6. The van der Waals surface area contributed by atoms with E-state index in [1.54, 1.807) is 0 Å². The van der Waals surface area contributed by atoms with E-state index in [9.17, 15) is 0 Å². The van der Waals surface area contributed by atoms with Gasteiger partial charge < -0.3 is 20.4 Å². The van der Waals surface area contributed by atoms with Crippen molar-refractivity contribution in [2.45, 2.75) is 47.0 Å². The van der Waals surface area contributed by atoms with Crippen LogP contribution in [0.5, 0.6) is 5.75 Å². The monoisotopic (exact) mass is 546 g/mol. The predicted molar refractivity (Wildman–Crippen MR) is 167 cm³/mol. The molecule has 1 aliphatic rings. The molecule has 0 radical (unpaired) electrons. The van der Waals surface area contributed by atoms with Gasteiger partial charge in [0.25, 0.3) is 0 Å². The molecule has 1 aliphatic heterocycles. The third-order valence-electron chi connectivity index (χ3n) is 8.16. The van der Waals surface area contributed by atoms with E-state index >= 15 is 0 Å². The number of H-pyrrole nitrogens is 1. The van der Waals surface area contributed by atoms with Crippen molar-refractivity contribution >= 4 is 28.5 Å². The van der Waals surface area contributed by atoms with Gasteiger partial charge in [0, 0.05) is 23.5 Å². The molecule has 2 atom stereocenters. The van der Waals surface area contributed by atoms with E-state index in [2.05, 4.69) is 89.9 Å². The summed E-state index contributed by atoms with van der Waals surface area (Å²) in [6.45, 7) is 10.1. The zero-order valence-corrected chi connectivity index (χ0v) is 24.3. The minimum atomic E-state index is 0.454. The maximum Gasteiger partial charge on any atom is 0.201 e. The fraction of sp³-hybridized carbons (Fsp3) is 0.324. The van der Waals surface area contributed by atoms with E-state index in [4.69, 9.17) is 14.7 Å². The average Bonchev–Trinajstić information content (AvgIpc) is 3.37. The van der Waals surface area contributed by atoms with E-state index < -0.39 is 0 Å². The number of aromatic nitrogens is 4. The Morgan fingerprint density at radius 3 is 2.59 bits per heavy atom. The van der Waals surface area contributed by atoms with Gasteiger partial charge in [-0.1, -0.05) is 37.3 Å². The Labute approximate surface area is 241 Å². The van der Waals surface area contributed by atoms with E-state index in [1.807, 2.05) is 25.1 Å². The van der Waals surface area contributed by atoms with Gasteiger partial charge in [-0.15, -0.1) is 0 Å². The van der Waals surface area contributed by atoms with Crippen LogP contribution in [0.15, 0.2) is 66.7 Å². The zero-order valence-electron chi connectivity index (χ0n) is 24.3. The third kappa shape index (κ3) is 5.89. The highest BCUT2D eigenvalue weighted by Crippen LogP contribution is 2.35. The molecule has 7 nitrogen and oxygen atoms in total. The first kappa shape index (κ1) is 26.8. The number of aromatic amines is 1. The molecule has 2 aromatic heterocycles. The number of aryl methyl sites for hydroxylation is 1. The van der Waals surface area contributed by atoms with E-state index in [0.717, 1.165) is 77.1 Å². The van der Waals surface area contributed by atoms with Crippen LogP contribution < -0.4 is 15.4 Å². The summed E-state index contributed by atoms with van der Waals surface area (Å²) in [5.41, 5.74) is 8.89. The van der Waals surface area contributed by atoms with Gasteiger partial charge in [0.2, 0.25) is 5.95 Å².